The number of carbonyl (C=O) groups is 1. The number of aryl methyl sites for hydroxylation is 2. The number of nitrogens with zero attached hydrogens (tertiary/aromatic N) is 3. The van der Waals surface area contributed by atoms with Gasteiger partial charge in [-0.1, -0.05) is 18.2 Å². The molecule has 0 aliphatic rings. The van der Waals surface area contributed by atoms with E-state index in [9.17, 15) is 4.79 Å². The van der Waals surface area contributed by atoms with Crippen molar-refractivity contribution in [3.8, 4) is 5.69 Å². The van der Waals surface area contributed by atoms with Gasteiger partial charge in [0.05, 0.1) is 11.4 Å². The Hall–Kier alpha value is -2.21. The minimum Gasteiger partial charge on any atom is -0.289 e. The highest BCUT2D eigenvalue weighted by atomic mass is 16.2. The van der Waals surface area contributed by atoms with E-state index in [1.54, 1.807) is 6.92 Å². The first kappa shape index (κ1) is 11.3. The molecule has 0 spiro atoms. The zero-order valence-electron chi connectivity index (χ0n) is 9.64. The van der Waals surface area contributed by atoms with Gasteiger partial charge in [-0.25, -0.2) is 5.84 Å². The molecule has 17 heavy (non-hydrogen) atoms. The van der Waals surface area contributed by atoms with Crippen LogP contribution in [0.2, 0.25) is 0 Å². The molecular formula is C11H13N5O. The normalized spacial score (nSPS) is 10.3. The summed E-state index contributed by atoms with van der Waals surface area (Å²) in [6.07, 6.45) is 0. The van der Waals surface area contributed by atoms with Crippen molar-refractivity contribution in [2.24, 2.45) is 5.84 Å². The molecule has 0 aliphatic carbocycles. The largest absolute Gasteiger partial charge is 0.289 e. The number of nitrogens with one attached hydrogen (secondary N) is 1. The first-order valence-corrected chi connectivity index (χ1v) is 5.14. The fourth-order valence-corrected chi connectivity index (χ4v) is 1.55. The third-order valence-electron chi connectivity index (χ3n) is 2.46. The molecule has 6 heteroatoms. The SMILES string of the molecule is Cc1ccccc1-n1nc(C)c(C(=O)NN)n1. The number of amides is 1. The van der Waals surface area contributed by atoms with Gasteiger partial charge in [0.25, 0.3) is 5.91 Å². The number of aromatic nitrogens is 3. The Morgan fingerprint density at radius 1 is 1.29 bits per heavy atom. The van der Waals surface area contributed by atoms with Crippen LogP contribution in [0.3, 0.4) is 0 Å². The van der Waals surface area contributed by atoms with Crippen molar-refractivity contribution < 1.29 is 4.79 Å². The molecule has 0 saturated heterocycles. The fraction of sp³-hybridized carbons (Fsp3) is 0.182. The summed E-state index contributed by atoms with van der Waals surface area (Å²) in [6, 6.07) is 7.67. The van der Waals surface area contributed by atoms with Crippen LogP contribution in [0.25, 0.3) is 5.69 Å². The number of para-hydroxylation sites is 1. The van der Waals surface area contributed by atoms with Gasteiger partial charge in [0.1, 0.15) is 0 Å². The maximum absolute atomic E-state index is 11.4. The number of hydrogen-bond donors (Lipinski definition) is 2. The molecule has 2 aromatic rings. The molecule has 0 atom stereocenters. The van der Waals surface area contributed by atoms with Crippen LogP contribution in [0.4, 0.5) is 0 Å². The number of benzene rings is 1. The minimum atomic E-state index is -0.442. The Morgan fingerprint density at radius 2 is 2.00 bits per heavy atom. The fourth-order valence-electron chi connectivity index (χ4n) is 1.55. The van der Waals surface area contributed by atoms with Crippen molar-refractivity contribution in [1.82, 2.24) is 20.4 Å². The van der Waals surface area contributed by atoms with Gasteiger partial charge >= 0.3 is 0 Å². The average Bonchev–Trinajstić information content (AvgIpc) is 2.71. The minimum absolute atomic E-state index is 0.232. The van der Waals surface area contributed by atoms with E-state index in [0.29, 0.717) is 5.69 Å². The van der Waals surface area contributed by atoms with Gasteiger partial charge in [0, 0.05) is 0 Å². The zero-order valence-corrected chi connectivity index (χ0v) is 9.64. The zero-order chi connectivity index (χ0) is 12.4. The molecule has 0 aliphatic heterocycles. The van der Waals surface area contributed by atoms with Crippen LogP contribution in [0.15, 0.2) is 24.3 Å². The second-order valence-corrected chi connectivity index (χ2v) is 3.68. The molecule has 88 valence electrons. The first-order valence-electron chi connectivity index (χ1n) is 5.14. The van der Waals surface area contributed by atoms with Crippen molar-refractivity contribution in [1.29, 1.82) is 0 Å². The van der Waals surface area contributed by atoms with Gasteiger partial charge in [0.2, 0.25) is 0 Å². The molecule has 2 rings (SSSR count). The molecular weight excluding hydrogens is 218 g/mol. The van der Waals surface area contributed by atoms with Gasteiger partial charge in [-0.15, -0.1) is 5.10 Å². The molecule has 1 amide bonds. The molecule has 0 fully saturated rings. The third-order valence-corrected chi connectivity index (χ3v) is 2.46. The molecule has 0 bridgehead atoms. The number of carbonyl (C=O) groups excluding carboxylic acids is 1. The summed E-state index contributed by atoms with van der Waals surface area (Å²) in [5.41, 5.74) is 4.69. The van der Waals surface area contributed by atoms with Gasteiger partial charge < -0.3 is 0 Å². The average molecular weight is 231 g/mol. The highest BCUT2D eigenvalue weighted by molar-refractivity contribution is 5.92. The van der Waals surface area contributed by atoms with Crippen LogP contribution in [-0.2, 0) is 0 Å². The molecule has 0 saturated carbocycles. The lowest BCUT2D eigenvalue weighted by Gasteiger charge is -2.02. The van der Waals surface area contributed by atoms with Crippen molar-refractivity contribution in [2.75, 3.05) is 0 Å². The Kier molecular flexibility index (Phi) is 2.88. The standard InChI is InChI=1S/C11H13N5O/c1-7-5-3-4-6-9(7)16-14-8(2)10(15-16)11(17)13-12/h3-6H,12H2,1-2H3,(H,13,17). The summed E-state index contributed by atoms with van der Waals surface area (Å²) in [5.74, 6) is 4.63. The van der Waals surface area contributed by atoms with Crippen LogP contribution >= 0.6 is 0 Å². The van der Waals surface area contributed by atoms with E-state index in [1.165, 1.54) is 4.80 Å². The summed E-state index contributed by atoms with van der Waals surface area (Å²) in [4.78, 5) is 12.9. The summed E-state index contributed by atoms with van der Waals surface area (Å²) in [6.45, 7) is 3.67. The van der Waals surface area contributed by atoms with Crippen LogP contribution in [-0.4, -0.2) is 20.9 Å². The quantitative estimate of drug-likeness (QED) is 0.447. The van der Waals surface area contributed by atoms with E-state index in [1.807, 2.05) is 36.6 Å². The van der Waals surface area contributed by atoms with Gasteiger partial charge in [-0.2, -0.15) is 9.90 Å². The van der Waals surface area contributed by atoms with Crippen LogP contribution in [0.5, 0.6) is 0 Å². The molecule has 0 radical (unpaired) electrons. The van der Waals surface area contributed by atoms with Crippen LogP contribution in [0.1, 0.15) is 21.7 Å². The van der Waals surface area contributed by atoms with E-state index in [0.717, 1.165) is 11.3 Å². The third kappa shape index (κ3) is 2.02. The van der Waals surface area contributed by atoms with Crippen molar-refractivity contribution in [3.05, 3.63) is 41.2 Å². The van der Waals surface area contributed by atoms with E-state index >= 15 is 0 Å². The lowest BCUT2D eigenvalue weighted by Crippen LogP contribution is -2.30. The molecule has 3 N–H and O–H groups in total. The predicted molar refractivity (Wildman–Crippen MR) is 62.5 cm³/mol. The maximum Gasteiger partial charge on any atom is 0.287 e. The van der Waals surface area contributed by atoms with E-state index in [-0.39, 0.29) is 5.69 Å². The van der Waals surface area contributed by atoms with Crippen molar-refractivity contribution in [3.63, 3.8) is 0 Å². The van der Waals surface area contributed by atoms with Crippen molar-refractivity contribution >= 4 is 5.91 Å². The second kappa shape index (κ2) is 4.34. The summed E-state index contributed by atoms with van der Waals surface area (Å²) in [5, 5.41) is 8.33. The van der Waals surface area contributed by atoms with Crippen molar-refractivity contribution in [2.45, 2.75) is 13.8 Å². The summed E-state index contributed by atoms with van der Waals surface area (Å²) < 4.78 is 0. The van der Waals surface area contributed by atoms with E-state index in [4.69, 9.17) is 5.84 Å². The number of hydrazine groups is 1. The lowest BCUT2D eigenvalue weighted by molar-refractivity contribution is 0.0947. The predicted octanol–water partition coefficient (Wildman–Crippen LogP) is 0.488. The molecule has 1 aromatic carbocycles. The lowest BCUT2D eigenvalue weighted by atomic mass is 10.2. The monoisotopic (exact) mass is 231 g/mol. The Labute approximate surface area is 98.4 Å². The number of nitrogens with two attached hydrogens (primary N) is 1. The molecule has 1 heterocycles. The van der Waals surface area contributed by atoms with Gasteiger partial charge in [0.15, 0.2) is 5.69 Å². The topological polar surface area (TPSA) is 85.8 Å². The molecule has 0 unspecified atom stereocenters. The number of rotatable bonds is 2. The molecule has 1 aromatic heterocycles. The number of nitrogen functional groups attached to an aromatic ring is 1. The summed E-state index contributed by atoms with van der Waals surface area (Å²) >= 11 is 0. The first-order chi connectivity index (χ1) is 8.13. The maximum atomic E-state index is 11.4. The summed E-state index contributed by atoms with van der Waals surface area (Å²) in [7, 11) is 0. The van der Waals surface area contributed by atoms with E-state index < -0.39 is 5.91 Å². The van der Waals surface area contributed by atoms with Gasteiger partial charge in [-0.3, -0.25) is 10.2 Å². The molecule has 6 nitrogen and oxygen atoms in total. The smallest absolute Gasteiger partial charge is 0.287 e. The Balaban J connectivity index is 2.49. The highest BCUT2D eigenvalue weighted by Gasteiger charge is 2.15. The van der Waals surface area contributed by atoms with E-state index in [2.05, 4.69) is 10.2 Å². The van der Waals surface area contributed by atoms with Gasteiger partial charge in [-0.05, 0) is 25.5 Å². The Morgan fingerprint density at radius 3 is 2.65 bits per heavy atom. The van der Waals surface area contributed by atoms with Crippen LogP contribution < -0.4 is 11.3 Å². The second-order valence-electron chi connectivity index (χ2n) is 3.68. The number of hydrogen-bond acceptors (Lipinski definition) is 4. The highest BCUT2D eigenvalue weighted by Crippen LogP contribution is 2.12. The van der Waals surface area contributed by atoms with Crippen LogP contribution in [0, 0.1) is 13.8 Å². The Bertz CT molecular complexity index is 561.